The highest BCUT2D eigenvalue weighted by atomic mass is 16.2. The molecule has 18 heavy (non-hydrogen) atoms. The van der Waals surface area contributed by atoms with Gasteiger partial charge in [0.05, 0.1) is 5.69 Å². The molecule has 4 nitrogen and oxygen atoms in total. The molecular formula is C14H23N3O. The van der Waals surface area contributed by atoms with Gasteiger partial charge in [0.2, 0.25) is 0 Å². The summed E-state index contributed by atoms with van der Waals surface area (Å²) in [5, 5.41) is 0. The molecule has 0 radical (unpaired) electrons. The molecule has 0 aliphatic heterocycles. The van der Waals surface area contributed by atoms with Crippen molar-refractivity contribution in [1.29, 1.82) is 0 Å². The SMILES string of the molecule is CC(C)C(C)N(C)C(=O)c1cc(N)cn1C1CC1. The highest BCUT2D eigenvalue weighted by Crippen LogP contribution is 2.37. The van der Waals surface area contributed by atoms with E-state index >= 15 is 0 Å². The maximum Gasteiger partial charge on any atom is 0.270 e. The molecule has 2 N–H and O–H groups in total. The number of hydrogen-bond donors (Lipinski definition) is 1. The second-order valence-electron chi connectivity index (χ2n) is 5.70. The number of anilines is 1. The molecule has 1 atom stereocenters. The molecule has 0 aromatic carbocycles. The number of nitrogens with zero attached hydrogens (tertiary/aromatic N) is 2. The summed E-state index contributed by atoms with van der Waals surface area (Å²) >= 11 is 0. The number of hydrogen-bond acceptors (Lipinski definition) is 2. The smallest absolute Gasteiger partial charge is 0.270 e. The molecule has 1 heterocycles. The molecule has 2 rings (SSSR count). The number of carbonyl (C=O) groups excluding carboxylic acids is 1. The van der Waals surface area contributed by atoms with Crippen molar-refractivity contribution in [2.75, 3.05) is 12.8 Å². The van der Waals surface area contributed by atoms with Crippen molar-refractivity contribution in [2.45, 2.75) is 45.7 Å². The molecule has 1 unspecified atom stereocenters. The first-order valence-electron chi connectivity index (χ1n) is 6.66. The lowest BCUT2D eigenvalue weighted by Gasteiger charge is -2.28. The van der Waals surface area contributed by atoms with Crippen LogP contribution in [0.5, 0.6) is 0 Å². The number of carbonyl (C=O) groups is 1. The summed E-state index contributed by atoms with van der Waals surface area (Å²) in [5.74, 6) is 0.514. The minimum Gasteiger partial charge on any atom is -0.397 e. The Morgan fingerprint density at radius 3 is 2.56 bits per heavy atom. The van der Waals surface area contributed by atoms with Crippen LogP contribution in [0, 0.1) is 5.92 Å². The van der Waals surface area contributed by atoms with Gasteiger partial charge in [0.25, 0.3) is 5.91 Å². The molecule has 1 aromatic heterocycles. The van der Waals surface area contributed by atoms with Gasteiger partial charge in [0.1, 0.15) is 5.69 Å². The van der Waals surface area contributed by atoms with E-state index in [-0.39, 0.29) is 11.9 Å². The summed E-state index contributed by atoms with van der Waals surface area (Å²) in [5.41, 5.74) is 7.23. The van der Waals surface area contributed by atoms with Crippen molar-refractivity contribution in [2.24, 2.45) is 5.92 Å². The Morgan fingerprint density at radius 1 is 1.44 bits per heavy atom. The third-order valence-corrected chi connectivity index (χ3v) is 3.93. The first-order valence-corrected chi connectivity index (χ1v) is 6.66. The van der Waals surface area contributed by atoms with Gasteiger partial charge < -0.3 is 15.2 Å². The van der Waals surface area contributed by atoms with Crippen molar-refractivity contribution < 1.29 is 4.79 Å². The Morgan fingerprint density at radius 2 is 2.06 bits per heavy atom. The van der Waals surface area contributed by atoms with E-state index in [1.807, 2.05) is 22.7 Å². The average Bonchev–Trinajstić information content (AvgIpc) is 3.09. The van der Waals surface area contributed by atoms with E-state index in [9.17, 15) is 4.79 Å². The molecule has 0 spiro atoms. The molecule has 1 aromatic rings. The highest BCUT2D eigenvalue weighted by molar-refractivity contribution is 5.94. The molecule has 0 bridgehead atoms. The van der Waals surface area contributed by atoms with Crippen molar-refractivity contribution >= 4 is 11.6 Å². The topological polar surface area (TPSA) is 51.3 Å². The van der Waals surface area contributed by atoms with Crippen molar-refractivity contribution in [1.82, 2.24) is 9.47 Å². The van der Waals surface area contributed by atoms with E-state index in [0.717, 1.165) is 18.5 Å². The molecule has 1 aliphatic rings. The van der Waals surface area contributed by atoms with Crippen molar-refractivity contribution in [3.8, 4) is 0 Å². The first-order chi connectivity index (χ1) is 8.41. The molecule has 1 saturated carbocycles. The number of nitrogens with two attached hydrogens (primary N) is 1. The van der Waals surface area contributed by atoms with Crippen LogP contribution in [0.2, 0.25) is 0 Å². The zero-order valence-electron chi connectivity index (χ0n) is 11.7. The standard InChI is InChI=1S/C14H23N3O/c1-9(2)10(3)16(4)14(18)13-7-11(15)8-17(13)12-5-6-12/h7-10,12H,5-6,15H2,1-4H3. The van der Waals surface area contributed by atoms with Crippen LogP contribution in [0.25, 0.3) is 0 Å². The predicted molar refractivity (Wildman–Crippen MR) is 73.5 cm³/mol. The van der Waals surface area contributed by atoms with E-state index in [2.05, 4.69) is 20.8 Å². The summed E-state index contributed by atoms with van der Waals surface area (Å²) in [6.45, 7) is 6.34. The van der Waals surface area contributed by atoms with Crippen molar-refractivity contribution in [3.63, 3.8) is 0 Å². The van der Waals surface area contributed by atoms with Gasteiger partial charge in [-0.05, 0) is 31.7 Å². The molecular weight excluding hydrogens is 226 g/mol. The van der Waals surface area contributed by atoms with Crippen LogP contribution in [-0.2, 0) is 0 Å². The summed E-state index contributed by atoms with van der Waals surface area (Å²) < 4.78 is 2.04. The van der Waals surface area contributed by atoms with E-state index in [4.69, 9.17) is 5.73 Å². The lowest BCUT2D eigenvalue weighted by atomic mass is 10.1. The minimum absolute atomic E-state index is 0.0693. The van der Waals surface area contributed by atoms with Crippen LogP contribution in [0.3, 0.4) is 0 Å². The fourth-order valence-corrected chi connectivity index (χ4v) is 2.14. The lowest BCUT2D eigenvalue weighted by Crippen LogP contribution is -2.39. The lowest BCUT2D eigenvalue weighted by molar-refractivity contribution is 0.0696. The van der Waals surface area contributed by atoms with Crippen LogP contribution < -0.4 is 5.73 Å². The van der Waals surface area contributed by atoms with Crippen LogP contribution in [0.15, 0.2) is 12.3 Å². The second kappa shape index (κ2) is 4.67. The average molecular weight is 249 g/mol. The summed E-state index contributed by atoms with van der Waals surface area (Å²) in [6.07, 6.45) is 4.19. The second-order valence-corrected chi connectivity index (χ2v) is 5.70. The zero-order valence-corrected chi connectivity index (χ0v) is 11.7. The van der Waals surface area contributed by atoms with Crippen LogP contribution in [0.1, 0.15) is 50.1 Å². The summed E-state index contributed by atoms with van der Waals surface area (Å²) in [4.78, 5) is 14.3. The van der Waals surface area contributed by atoms with Crippen molar-refractivity contribution in [3.05, 3.63) is 18.0 Å². The third kappa shape index (κ3) is 2.37. The number of rotatable bonds is 4. The summed E-state index contributed by atoms with van der Waals surface area (Å²) in [6, 6.07) is 2.50. The van der Waals surface area contributed by atoms with Gasteiger partial charge in [0, 0.05) is 25.3 Å². The minimum atomic E-state index is 0.0693. The predicted octanol–water partition coefficient (Wildman–Crippen LogP) is 2.52. The molecule has 0 saturated heterocycles. The van der Waals surface area contributed by atoms with Gasteiger partial charge in [-0.1, -0.05) is 13.8 Å². The van der Waals surface area contributed by atoms with Gasteiger partial charge in [-0.3, -0.25) is 4.79 Å². The number of nitrogen functional groups attached to an aromatic ring is 1. The Kier molecular flexibility index (Phi) is 3.37. The van der Waals surface area contributed by atoms with Crippen LogP contribution in [0.4, 0.5) is 5.69 Å². The Balaban J connectivity index is 2.22. The Hall–Kier alpha value is -1.45. The van der Waals surface area contributed by atoms with Crippen LogP contribution in [-0.4, -0.2) is 28.5 Å². The van der Waals surface area contributed by atoms with Gasteiger partial charge in [-0.2, -0.15) is 0 Å². The van der Waals surface area contributed by atoms with E-state index in [1.165, 1.54) is 0 Å². The van der Waals surface area contributed by atoms with Crippen LogP contribution >= 0.6 is 0 Å². The fourth-order valence-electron chi connectivity index (χ4n) is 2.14. The maximum atomic E-state index is 12.5. The van der Waals surface area contributed by atoms with Gasteiger partial charge in [-0.15, -0.1) is 0 Å². The van der Waals surface area contributed by atoms with Gasteiger partial charge in [-0.25, -0.2) is 0 Å². The normalized spacial score (nSPS) is 16.9. The molecule has 4 heteroatoms. The molecule has 1 aliphatic carbocycles. The van der Waals surface area contributed by atoms with E-state index < -0.39 is 0 Å². The molecule has 1 amide bonds. The largest absolute Gasteiger partial charge is 0.397 e. The molecule has 100 valence electrons. The zero-order chi connectivity index (χ0) is 13.4. The third-order valence-electron chi connectivity index (χ3n) is 3.93. The maximum absolute atomic E-state index is 12.5. The summed E-state index contributed by atoms with van der Waals surface area (Å²) in [7, 11) is 1.87. The number of aromatic nitrogens is 1. The van der Waals surface area contributed by atoms with Gasteiger partial charge >= 0.3 is 0 Å². The Labute approximate surface area is 109 Å². The monoisotopic (exact) mass is 249 g/mol. The van der Waals surface area contributed by atoms with Gasteiger partial charge in [0.15, 0.2) is 0 Å². The molecule has 1 fully saturated rings. The van der Waals surface area contributed by atoms with E-state index in [0.29, 0.717) is 17.6 Å². The number of amides is 1. The highest BCUT2D eigenvalue weighted by Gasteiger charge is 2.30. The van der Waals surface area contributed by atoms with E-state index in [1.54, 1.807) is 6.07 Å². The first kappa shape index (κ1) is 13.0. The fraction of sp³-hybridized carbons (Fsp3) is 0.643. The quantitative estimate of drug-likeness (QED) is 0.891. The Bertz CT molecular complexity index is 446.